The van der Waals surface area contributed by atoms with E-state index >= 15 is 0 Å². The zero-order valence-corrected chi connectivity index (χ0v) is 11.1. The molecule has 3 aliphatic heterocycles. The molecule has 1 N–H and O–H groups in total. The Bertz CT molecular complexity index is 296. The van der Waals surface area contributed by atoms with Gasteiger partial charge in [-0.2, -0.15) is 0 Å². The molecule has 3 fully saturated rings. The van der Waals surface area contributed by atoms with Gasteiger partial charge in [-0.3, -0.25) is 9.69 Å². The zero-order chi connectivity index (χ0) is 12.6. The molecule has 4 heteroatoms. The van der Waals surface area contributed by atoms with Crippen LogP contribution in [-0.2, 0) is 4.79 Å². The van der Waals surface area contributed by atoms with Crippen molar-refractivity contribution >= 4 is 5.97 Å². The molecule has 3 aliphatic rings. The van der Waals surface area contributed by atoms with Crippen LogP contribution in [0.25, 0.3) is 0 Å². The molecule has 0 radical (unpaired) electrons. The maximum absolute atomic E-state index is 11.4. The Hall–Kier alpha value is -0.610. The molecule has 0 aliphatic carbocycles. The minimum absolute atomic E-state index is 0.425. The normalized spacial score (nSPS) is 33.1. The standard InChI is InChI=1S/C13H24N2O2/c1-4-15(13(2,3)12(16)17)11-9-14-7-5-10(11)6-8-14/h10-11H,4-9H2,1-3H3,(H,16,17). The Kier molecular flexibility index (Phi) is 3.46. The number of carboxylic acids is 1. The molecule has 3 saturated heterocycles. The van der Waals surface area contributed by atoms with Crippen LogP contribution in [0.3, 0.4) is 0 Å². The lowest BCUT2D eigenvalue weighted by Gasteiger charge is -2.52. The average Bonchev–Trinajstić information content (AvgIpc) is 2.31. The molecule has 3 heterocycles. The van der Waals surface area contributed by atoms with Gasteiger partial charge >= 0.3 is 5.97 Å². The Morgan fingerprint density at radius 3 is 2.35 bits per heavy atom. The van der Waals surface area contributed by atoms with Gasteiger partial charge in [-0.1, -0.05) is 6.92 Å². The van der Waals surface area contributed by atoms with Gasteiger partial charge in [0.15, 0.2) is 0 Å². The third-order valence-corrected chi connectivity index (χ3v) is 4.60. The van der Waals surface area contributed by atoms with Gasteiger partial charge in [0, 0.05) is 12.6 Å². The molecular weight excluding hydrogens is 216 g/mol. The lowest BCUT2D eigenvalue weighted by molar-refractivity contribution is -0.154. The zero-order valence-electron chi connectivity index (χ0n) is 11.1. The number of piperidine rings is 3. The molecule has 0 amide bonds. The largest absolute Gasteiger partial charge is 0.480 e. The first-order valence-electron chi connectivity index (χ1n) is 6.69. The molecule has 0 spiro atoms. The topological polar surface area (TPSA) is 43.8 Å². The van der Waals surface area contributed by atoms with E-state index < -0.39 is 11.5 Å². The van der Waals surface area contributed by atoms with Gasteiger partial charge in [0.05, 0.1) is 0 Å². The van der Waals surface area contributed by atoms with Gasteiger partial charge in [-0.15, -0.1) is 0 Å². The van der Waals surface area contributed by atoms with E-state index in [0.717, 1.165) is 13.1 Å². The molecular formula is C13H24N2O2. The summed E-state index contributed by atoms with van der Waals surface area (Å²) in [4.78, 5) is 16.1. The monoisotopic (exact) mass is 240 g/mol. The van der Waals surface area contributed by atoms with Crippen molar-refractivity contribution in [1.29, 1.82) is 0 Å². The Labute approximate surface area is 104 Å². The molecule has 0 saturated carbocycles. The van der Waals surface area contributed by atoms with Crippen molar-refractivity contribution in [1.82, 2.24) is 9.80 Å². The molecule has 98 valence electrons. The fraction of sp³-hybridized carbons (Fsp3) is 0.923. The second-order valence-corrected chi connectivity index (χ2v) is 5.86. The predicted molar refractivity (Wildman–Crippen MR) is 67.0 cm³/mol. The molecule has 3 rings (SSSR count). The number of carbonyl (C=O) groups is 1. The van der Waals surface area contributed by atoms with Crippen LogP contribution < -0.4 is 0 Å². The average molecular weight is 240 g/mol. The van der Waals surface area contributed by atoms with Gasteiger partial charge in [0.1, 0.15) is 5.54 Å². The second kappa shape index (κ2) is 4.58. The summed E-state index contributed by atoms with van der Waals surface area (Å²) in [5.74, 6) is -0.0191. The maximum atomic E-state index is 11.4. The van der Waals surface area contributed by atoms with Crippen LogP contribution in [-0.4, -0.2) is 58.6 Å². The summed E-state index contributed by atoms with van der Waals surface area (Å²) >= 11 is 0. The highest BCUT2D eigenvalue weighted by Gasteiger charge is 2.44. The number of hydrogen-bond donors (Lipinski definition) is 1. The number of aliphatic carboxylic acids is 1. The van der Waals surface area contributed by atoms with Crippen LogP contribution in [0.1, 0.15) is 33.6 Å². The Morgan fingerprint density at radius 1 is 1.41 bits per heavy atom. The fourth-order valence-corrected chi connectivity index (χ4v) is 3.45. The molecule has 4 nitrogen and oxygen atoms in total. The minimum Gasteiger partial charge on any atom is -0.480 e. The number of fused-ring (bicyclic) bond motifs is 3. The summed E-state index contributed by atoms with van der Waals surface area (Å²) in [7, 11) is 0. The quantitative estimate of drug-likeness (QED) is 0.803. The summed E-state index contributed by atoms with van der Waals surface area (Å²) < 4.78 is 0. The van der Waals surface area contributed by atoms with Gasteiger partial charge in [-0.05, 0) is 52.2 Å². The number of likely N-dealkylation sites (N-methyl/N-ethyl adjacent to an activating group) is 1. The highest BCUT2D eigenvalue weighted by molar-refractivity contribution is 5.77. The van der Waals surface area contributed by atoms with E-state index in [1.165, 1.54) is 25.9 Å². The minimum atomic E-state index is -0.752. The fourth-order valence-electron chi connectivity index (χ4n) is 3.45. The number of rotatable bonds is 4. The lowest BCUT2D eigenvalue weighted by Crippen LogP contribution is -2.64. The van der Waals surface area contributed by atoms with E-state index in [4.69, 9.17) is 0 Å². The first kappa shape index (κ1) is 12.8. The summed E-state index contributed by atoms with van der Waals surface area (Å²) in [6.07, 6.45) is 2.47. The molecule has 2 bridgehead atoms. The Morgan fingerprint density at radius 2 is 2.00 bits per heavy atom. The summed E-state index contributed by atoms with van der Waals surface area (Å²) in [5.41, 5.74) is -0.752. The van der Waals surface area contributed by atoms with E-state index in [1.807, 2.05) is 13.8 Å². The van der Waals surface area contributed by atoms with E-state index in [9.17, 15) is 9.90 Å². The van der Waals surface area contributed by atoms with Crippen molar-refractivity contribution in [3.63, 3.8) is 0 Å². The third-order valence-electron chi connectivity index (χ3n) is 4.60. The molecule has 0 aromatic heterocycles. The van der Waals surface area contributed by atoms with E-state index in [0.29, 0.717) is 12.0 Å². The van der Waals surface area contributed by atoms with Crippen LogP contribution in [0.2, 0.25) is 0 Å². The van der Waals surface area contributed by atoms with Crippen molar-refractivity contribution in [2.24, 2.45) is 5.92 Å². The molecule has 1 unspecified atom stereocenters. The van der Waals surface area contributed by atoms with Gasteiger partial charge in [-0.25, -0.2) is 0 Å². The van der Waals surface area contributed by atoms with Crippen molar-refractivity contribution in [2.45, 2.75) is 45.2 Å². The van der Waals surface area contributed by atoms with Crippen LogP contribution in [0.15, 0.2) is 0 Å². The van der Waals surface area contributed by atoms with Crippen LogP contribution >= 0.6 is 0 Å². The van der Waals surface area contributed by atoms with Crippen molar-refractivity contribution in [3.8, 4) is 0 Å². The SMILES string of the molecule is CCN(C1CN2CCC1CC2)C(C)(C)C(=O)O. The molecule has 0 aromatic rings. The van der Waals surface area contributed by atoms with Crippen LogP contribution in [0.4, 0.5) is 0 Å². The number of nitrogens with zero attached hydrogens (tertiary/aromatic N) is 2. The summed E-state index contributed by atoms with van der Waals surface area (Å²) in [6, 6.07) is 0.425. The van der Waals surface area contributed by atoms with E-state index in [-0.39, 0.29) is 0 Å². The second-order valence-electron chi connectivity index (χ2n) is 5.86. The number of hydrogen-bond acceptors (Lipinski definition) is 3. The third kappa shape index (κ3) is 2.20. The van der Waals surface area contributed by atoms with Crippen LogP contribution in [0, 0.1) is 5.92 Å². The smallest absolute Gasteiger partial charge is 0.323 e. The lowest BCUT2D eigenvalue weighted by atomic mass is 9.81. The molecule has 1 atom stereocenters. The highest BCUT2D eigenvalue weighted by Crippen LogP contribution is 2.34. The summed E-state index contributed by atoms with van der Waals surface area (Å²) in [6.45, 7) is 10.00. The molecule has 0 aromatic carbocycles. The maximum Gasteiger partial charge on any atom is 0.323 e. The predicted octanol–water partition coefficient (Wildman–Crippen LogP) is 1.27. The molecule has 17 heavy (non-hydrogen) atoms. The van der Waals surface area contributed by atoms with Gasteiger partial charge in [0.25, 0.3) is 0 Å². The van der Waals surface area contributed by atoms with Gasteiger partial charge in [0.2, 0.25) is 0 Å². The van der Waals surface area contributed by atoms with Gasteiger partial charge < -0.3 is 10.0 Å². The number of carboxylic acid groups (broad SMARTS) is 1. The van der Waals surface area contributed by atoms with E-state index in [1.54, 1.807) is 0 Å². The Balaban J connectivity index is 2.16. The first-order chi connectivity index (χ1) is 7.96. The van der Waals surface area contributed by atoms with Crippen molar-refractivity contribution < 1.29 is 9.90 Å². The summed E-state index contributed by atoms with van der Waals surface area (Å²) in [5, 5.41) is 9.39. The van der Waals surface area contributed by atoms with E-state index in [2.05, 4.69) is 16.7 Å². The van der Waals surface area contributed by atoms with Crippen molar-refractivity contribution in [2.75, 3.05) is 26.2 Å². The van der Waals surface area contributed by atoms with Crippen molar-refractivity contribution in [3.05, 3.63) is 0 Å². The highest BCUT2D eigenvalue weighted by atomic mass is 16.4. The first-order valence-corrected chi connectivity index (χ1v) is 6.69. The van der Waals surface area contributed by atoms with Crippen LogP contribution in [0.5, 0.6) is 0 Å².